The summed E-state index contributed by atoms with van der Waals surface area (Å²) < 4.78 is 5.33. The van der Waals surface area contributed by atoms with Crippen LogP contribution >= 0.6 is 0 Å². The topological polar surface area (TPSA) is 55.1 Å². The molecule has 0 unspecified atom stereocenters. The van der Waals surface area contributed by atoms with Gasteiger partial charge < -0.3 is 9.42 Å². The first kappa shape index (κ1) is 14.0. The van der Waals surface area contributed by atoms with Gasteiger partial charge in [0.1, 0.15) is 5.82 Å². The van der Waals surface area contributed by atoms with Gasteiger partial charge in [-0.25, -0.2) is 4.98 Å². The monoisotopic (exact) mass is 286 g/mol. The van der Waals surface area contributed by atoms with Crippen molar-refractivity contribution < 1.29 is 4.52 Å². The standard InChI is InChI=1S/C16H22N4O/c1-12-18-15(21-19-12)13-6-4-9-17-14(13)20-10-5-7-16(2,3)8-11-20/h4,6,9H,5,7-8,10-11H2,1-3H3. The number of hydrogen-bond donors (Lipinski definition) is 0. The Morgan fingerprint density at radius 3 is 2.86 bits per heavy atom. The predicted molar refractivity (Wildman–Crippen MR) is 82.1 cm³/mol. The van der Waals surface area contributed by atoms with Crippen molar-refractivity contribution in [1.82, 2.24) is 15.1 Å². The Kier molecular flexibility index (Phi) is 3.66. The van der Waals surface area contributed by atoms with Gasteiger partial charge in [0, 0.05) is 19.3 Å². The van der Waals surface area contributed by atoms with E-state index < -0.39 is 0 Å². The molecule has 0 N–H and O–H groups in total. The molecule has 0 atom stereocenters. The molecule has 21 heavy (non-hydrogen) atoms. The molecule has 1 fully saturated rings. The Labute approximate surface area is 125 Å². The summed E-state index contributed by atoms with van der Waals surface area (Å²) >= 11 is 0. The second-order valence-electron chi connectivity index (χ2n) is 6.53. The fourth-order valence-corrected chi connectivity index (χ4v) is 2.86. The lowest BCUT2D eigenvalue weighted by atomic mass is 9.85. The van der Waals surface area contributed by atoms with Gasteiger partial charge in [-0.1, -0.05) is 19.0 Å². The molecule has 3 heterocycles. The third kappa shape index (κ3) is 3.06. The molecular formula is C16H22N4O. The highest BCUT2D eigenvalue weighted by atomic mass is 16.5. The molecule has 112 valence electrons. The average molecular weight is 286 g/mol. The Bertz CT molecular complexity index is 620. The van der Waals surface area contributed by atoms with Crippen molar-refractivity contribution in [3.05, 3.63) is 24.2 Å². The lowest BCUT2D eigenvalue weighted by molar-refractivity contribution is 0.325. The fraction of sp³-hybridized carbons (Fsp3) is 0.562. The summed E-state index contributed by atoms with van der Waals surface area (Å²) in [5.41, 5.74) is 1.34. The number of anilines is 1. The van der Waals surface area contributed by atoms with Crippen LogP contribution < -0.4 is 4.90 Å². The number of rotatable bonds is 2. The summed E-state index contributed by atoms with van der Waals surface area (Å²) in [5.74, 6) is 2.16. The van der Waals surface area contributed by atoms with Crippen LogP contribution in [0.4, 0.5) is 5.82 Å². The number of nitrogens with zero attached hydrogens (tertiary/aromatic N) is 4. The van der Waals surface area contributed by atoms with E-state index in [0.29, 0.717) is 17.1 Å². The molecule has 1 aliphatic heterocycles. The number of aryl methyl sites for hydroxylation is 1. The predicted octanol–water partition coefficient (Wildman–Crippen LogP) is 3.46. The van der Waals surface area contributed by atoms with Gasteiger partial charge >= 0.3 is 0 Å². The van der Waals surface area contributed by atoms with Crippen molar-refractivity contribution in [2.24, 2.45) is 5.41 Å². The SMILES string of the molecule is Cc1noc(-c2cccnc2N2CCCC(C)(C)CC2)n1. The second-order valence-corrected chi connectivity index (χ2v) is 6.53. The molecule has 5 heteroatoms. The quantitative estimate of drug-likeness (QED) is 0.846. The van der Waals surface area contributed by atoms with Gasteiger partial charge in [-0.3, -0.25) is 0 Å². The van der Waals surface area contributed by atoms with E-state index in [-0.39, 0.29) is 0 Å². The molecule has 0 saturated carbocycles. The Morgan fingerprint density at radius 1 is 1.24 bits per heavy atom. The minimum atomic E-state index is 0.408. The molecular weight excluding hydrogens is 264 g/mol. The minimum absolute atomic E-state index is 0.408. The first-order valence-electron chi connectivity index (χ1n) is 7.56. The molecule has 0 bridgehead atoms. The third-order valence-corrected chi connectivity index (χ3v) is 4.18. The van der Waals surface area contributed by atoms with Crippen LogP contribution in [0.15, 0.2) is 22.9 Å². The number of pyridine rings is 1. The molecule has 0 spiro atoms. The molecule has 3 rings (SSSR count). The van der Waals surface area contributed by atoms with Crippen LogP contribution in [0.25, 0.3) is 11.5 Å². The first-order valence-corrected chi connectivity index (χ1v) is 7.56. The fourth-order valence-electron chi connectivity index (χ4n) is 2.86. The minimum Gasteiger partial charge on any atom is -0.356 e. The summed E-state index contributed by atoms with van der Waals surface area (Å²) in [4.78, 5) is 11.3. The van der Waals surface area contributed by atoms with E-state index in [1.165, 1.54) is 19.3 Å². The van der Waals surface area contributed by atoms with Crippen LogP contribution in [-0.2, 0) is 0 Å². The van der Waals surface area contributed by atoms with Crippen molar-refractivity contribution in [2.75, 3.05) is 18.0 Å². The number of aromatic nitrogens is 3. The largest absolute Gasteiger partial charge is 0.356 e. The lowest BCUT2D eigenvalue weighted by Gasteiger charge is -2.25. The summed E-state index contributed by atoms with van der Waals surface area (Å²) in [6.07, 6.45) is 5.45. The van der Waals surface area contributed by atoms with Gasteiger partial charge in [0.15, 0.2) is 5.82 Å². The summed E-state index contributed by atoms with van der Waals surface area (Å²) in [5, 5.41) is 3.89. The molecule has 1 saturated heterocycles. The van der Waals surface area contributed by atoms with Crippen molar-refractivity contribution in [3.8, 4) is 11.5 Å². The van der Waals surface area contributed by atoms with Crippen LogP contribution in [-0.4, -0.2) is 28.2 Å². The highest BCUT2D eigenvalue weighted by Gasteiger charge is 2.25. The van der Waals surface area contributed by atoms with E-state index in [2.05, 4.69) is 33.9 Å². The normalized spacial score (nSPS) is 18.5. The molecule has 0 radical (unpaired) electrons. The van der Waals surface area contributed by atoms with Gasteiger partial charge in [0.05, 0.1) is 5.56 Å². The third-order valence-electron chi connectivity index (χ3n) is 4.18. The Hall–Kier alpha value is -1.91. The van der Waals surface area contributed by atoms with Crippen molar-refractivity contribution in [1.29, 1.82) is 0 Å². The van der Waals surface area contributed by atoms with E-state index in [1.807, 2.05) is 25.3 Å². The second kappa shape index (κ2) is 5.47. The number of hydrogen-bond acceptors (Lipinski definition) is 5. The summed E-state index contributed by atoms with van der Waals surface area (Å²) in [6, 6.07) is 3.92. The summed E-state index contributed by atoms with van der Waals surface area (Å²) in [7, 11) is 0. The van der Waals surface area contributed by atoms with E-state index in [9.17, 15) is 0 Å². The van der Waals surface area contributed by atoms with E-state index in [4.69, 9.17) is 4.52 Å². The molecule has 2 aromatic heterocycles. The van der Waals surface area contributed by atoms with Crippen LogP contribution in [0.1, 0.15) is 38.9 Å². The smallest absolute Gasteiger partial charge is 0.261 e. The molecule has 0 amide bonds. The maximum Gasteiger partial charge on any atom is 0.261 e. The van der Waals surface area contributed by atoms with Gasteiger partial charge in [-0.15, -0.1) is 0 Å². The van der Waals surface area contributed by atoms with E-state index >= 15 is 0 Å². The molecule has 1 aliphatic rings. The van der Waals surface area contributed by atoms with Crippen LogP contribution in [0.5, 0.6) is 0 Å². The van der Waals surface area contributed by atoms with E-state index in [1.54, 1.807) is 0 Å². The molecule has 2 aromatic rings. The summed E-state index contributed by atoms with van der Waals surface area (Å²) in [6.45, 7) is 8.57. The molecule has 5 nitrogen and oxygen atoms in total. The van der Waals surface area contributed by atoms with Gasteiger partial charge in [0.2, 0.25) is 0 Å². The van der Waals surface area contributed by atoms with Crippen molar-refractivity contribution >= 4 is 5.82 Å². The Balaban J connectivity index is 1.92. The zero-order chi connectivity index (χ0) is 14.9. The zero-order valence-electron chi connectivity index (χ0n) is 13.0. The van der Waals surface area contributed by atoms with Crippen molar-refractivity contribution in [3.63, 3.8) is 0 Å². The van der Waals surface area contributed by atoms with Crippen LogP contribution in [0, 0.1) is 12.3 Å². The lowest BCUT2D eigenvalue weighted by Crippen LogP contribution is -2.26. The zero-order valence-corrected chi connectivity index (χ0v) is 13.0. The van der Waals surface area contributed by atoms with Crippen molar-refractivity contribution in [2.45, 2.75) is 40.0 Å². The molecule has 0 aromatic carbocycles. The van der Waals surface area contributed by atoms with Gasteiger partial charge in [-0.05, 0) is 43.7 Å². The average Bonchev–Trinajstić information content (AvgIpc) is 2.80. The Morgan fingerprint density at radius 2 is 2.10 bits per heavy atom. The molecule has 0 aliphatic carbocycles. The first-order chi connectivity index (χ1) is 10.1. The van der Waals surface area contributed by atoms with Crippen LogP contribution in [0.3, 0.4) is 0 Å². The van der Waals surface area contributed by atoms with E-state index in [0.717, 1.165) is 24.5 Å². The van der Waals surface area contributed by atoms with Gasteiger partial charge in [-0.2, -0.15) is 4.98 Å². The van der Waals surface area contributed by atoms with Gasteiger partial charge in [0.25, 0.3) is 5.89 Å². The van der Waals surface area contributed by atoms with Crippen LogP contribution in [0.2, 0.25) is 0 Å². The maximum absolute atomic E-state index is 5.33. The highest BCUT2D eigenvalue weighted by Crippen LogP contribution is 2.34. The highest BCUT2D eigenvalue weighted by molar-refractivity contribution is 5.69. The maximum atomic E-state index is 5.33.